The minimum absolute atomic E-state index is 0.00368. The number of nitrogens with zero attached hydrogens (tertiary/aromatic N) is 6. The molecule has 0 saturated carbocycles. The molecule has 0 atom stereocenters. The molecule has 0 amide bonds. The zero-order valence-corrected chi connectivity index (χ0v) is 15.3. The van der Waals surface area contributed by atoms with Crippen LogP contribution in [0.3, 0.4) is 0 Å². The molecular formula is C17H15FN8OS. The Labute approximate surface area is 162 Å². The molecule has 4 aromatic rings. The lowest BCUT2D eigenvalue weighted by Crippen LogP contribution is -2.25. The summed E-state index contributed by atoms with van der Waals surface area (Å²) in [6.45, 7) is 0.00895. The van der Waals surface area contributed by atoms with Gasteiger partial charge in [0.25, 0.3) is 0 Å². The normalized spacial score (nSPS) is 11.9. The summed E-state index contributed by atoms with van der Waals surface area (Å²) in [5.41, 5.74) is 7.12. The molecule has 0 radical (unpaired) electrons. The second-order valence-electron chi connectivity index (χ2n) is 5.84. The first-order chi connectivity index (χ1) is 13.7. The third-order valence-electron chi connectivity index (χ3n) is 4.04. The van der Waals surface area contributed by atoms with Gasteiger partial charge in [-0.05, 0) is 17.2 Å². The van der Waals surface area contributed by atoms with Crippen molar-refractivity contribution in [3.05, 3.63) is 65.5 Å². The Morgan fingerprint density at radius 2 is 2.21 bits per heavy atom. The molecule has 0 unspecified atom stereocenters. The molecule has 11 heteroatoms. The van der Waals surface area contributed by atoms with Crippen molar-refractivity contribution in [3.63, 3.8) is 0 Å². The Balaban J connectivity index is 1.63. The smallest absolute Gasteiger partial charge is 0.328 e. The number of benzene rings is 1. The van der Waals surface area contributed by atoms with E-state index in [0.29, 0.717) is 17.3 Å². The van der Waals surface area contributed by atoms with Gasteiger partial charge in [0.2, 0.25) is 0 Å². The lowest BCUT2D eigenvalue weighted by Gasteiger charge is -2.01. The van der Waals surface area contributed by atoms with Crippen molar-refractivity contribution in [2.24, 2.45) is 5.73 Å². The van der Waals surface area contributed by atoms with Crippen LogP contribution < -0.4 is 11.4 Å². The summed E-state index contributed by atoms with van der Waals surface area (Å²) in [5.74, 6) is 0.667. The highest BCUT2D eigenvalue weighted by atomic mass is 32.1. The SMILES string of the molecule is NC/C(=C\F)Cn1ncn(-c2ncc(-c3cccc(-c4nnc[nH]4)c3)s2)c1=O. The monoisotopic (exact) mass is 398 g/mol. The van der Waals surface area contributed by atoms with E-state index in [9.17, 15) is 9.18 Å². The highest BCUT2D eigenvalue weighted by molar-refractivity contribution is 7.17. The Hall–Kier alpha value is -3.44. The van der Waals surface area contributed by atoms with Crippen molar-refractivity contribution < 1.29 is 4.39 Å². The Bertz CT molecular complexity index is 1170. The van der Waals surface area contributed by atoms with E-state index in [4.69, 9.17) is 5.73 Å². The average molecular weight is 398 g/mol. The van der Waals surface area contributed by atoms with Crippen molar-refractivity contribution in [2.45, 2.75) is 6.54 Å². The number of thiazole rings is 1. The van der Waals surface area contributed by atoms with E-state index in [1.807, 2.05) is 24.3 Å². The number of aromatic amines is 1. The molecule has 1 aromatic carbocycles. The first-order valence-corrected chi connectivity index (χ1v) is 9.07. The van der Waals surface area contributed by atoms with Gasteiger partial charge in [-0.3, -0.25) is 0 Å². The van der Waals surface area contributed by atoms with Gasteiger partial charge in [0.1, 0.15) is 12.7 Å². The number of hydrogen-bond donors (Lipinski definition) is 2. The van der Waals surface area contributed by atoms with E-state index in [1.54, 1.807) is 6.20 Å². The van der Waals surface area contributed by atoms with Crippen LogP contribution in [0.5, 0.6) is 0 Å². The Morgan fingerprint density at radius 1 is 1.36 bits per heavy atom. The zero-order chi connectivity index (χ0) is 19.5. The van der Waals surface area contributed by atoms with Gasteiger partial charge in [-0.25, -0.2) is 23.4 Å². The molecule has 28 heavy (non-hydrogen) atoms. The van der Waals surface area contributed by atoms with Gasteiger partial charge in [-0.1, -0.05) is 29.5 Å². The third-order valence-corrected chi connectivity index (χ3v) is 5.09. The van der Waals surface area contributed by atoms with Crippen LogP contribution in [0.4, 0.5) is 4.39 Å². The first-order valence-electron chi connectivity index (χ1n) is 8.25. The molecule has 0 aliphatic heterocycles. The summed E-state index contributed by atoms with van der Waals surface area (Å²) in [6.07, 6.45) is 4.97. The Kier molecular flexibility index (Phi) is 4.91. The van der Waals surface area contributed by atoms with Crippen LogP contribution in [-0.2, 0) is 6.54 Å². The minimum Gasteiger partial charge on any atom is -0.328 e. The third kappa shape index (κ3) is 3.40. The molecule has 3 N–H and O–H groups in total. The van der Waals surface area contributed by atoms with Gasteiger partial charge in [0, 0.05) is 18.3 Å². The van der Waals surface area contributed by atoms with E-state index in [0.717, 1.165) is 20.7 Å². The van der Waals surface area contributed by atoms with E-state index in [-0.39, 0.29) is 18.7 Å². The fourth-order valence-corrected chi connectivity index (χ4v) is 3.46. The maximum Gasteiger partial charge on any atom is 0.352 e. The number of nitrogens with two attached hydrogens (primary N) is 1. The van der Waals surface area contributed by atoms with Gasteiger partial charge >= 0.3 is 5.69 Å². The van der Waals surface area contributed by atoms with Crippen LogP contribution in [0.15, 0.2) is 59.8 Å². The Morgan fingerprint density at radius 3 is 2.96 bits per heavy atom. The van der Waals surface area contributed by atoms with Crippen molar-refractivity contribution in [1.82, 2.24) is 34.5 Å². The predicted molar refractivity (Wildman–Crippen MR) is 103 cm³/mol. The maximum atomic E-state index is 12.7. The molecule has 9 nitrogen and oxygen atoms in total. The van der Waals surface area contributed by atoms with Crippen molar-refractivity contribution in [2.75, 3.05) is 6.54 Å². The predicted octanol–water partition coefficient (Wildman–Crippen LogP) is 1.75. The molecule has 0 aliphatic rings. The molecule has 0 aliphatic carbocycles. The molecule has 0 spiro atoms. The molecule has 3 aromatic heterocycles. The quantitative estimate of drug-likeness (QED) is 0.511. The number of hydrogen-bond acceptors (Lipinski definition) is 7. The largest absolute Gasteiger partial charge is 0.352 e. The summed E-state index contributed by atoms with van der Waals surface area (Å²) in [5, 5.41) is 12.3. The van der Waals surface area contributed by atoms with Crippen LogP contribution in [0.25, 0.3) is 27.0 Å². The second-order valence-corrected chi connectivity index (χ2v) is 6.85. The summed E-state index contributed by atoms with van der Waals surface area (Å²) >= 11 is 1.34. The molecule has 0 fully saturated rings. The topological polar surface area (TPSA) is 120 Å². The molecule has 142 valence electrons. The first kappa shape index (κ1) is 17.9. The number of aromatic nitrogens is 7. The number of H-pyrrole nitrogens is 1. The van der Waals surface area contributed by atoms with Crippen LogP contribution in [0.1, 0.15) is 0 Å². The molecular weight excluding hydrogens is 383 g/mol. The van der Waals surface area contributed by atoms with Crippen LogP contribution in [0, 0.1) is 0 Å². The van der Waals surface area contributed by atoms with E-state index in [1.165, 1.54) is 28.6 Å². The molecule has 3 heterocycles. The van der Waals surface area contributed by atoms with Crippen LogP contribution >= 0.6 is 11.3 Å². The van der Waals surface area contributed by atoms with Gasteiger partial charge in [0.05, 0.1) is 17.8 Å². The maximum absolute atomic E-state index is 12.7. The van der Waals surface area contributed by atoms with E-state index >= 15 is 0 Å². The van der Waals surface area contributed by atoms with Crippen LogP contribution in [-0.4, -0.2) is 41.1 Å². The van der Waals surface area contributed by atoms with Crippen molar-refractivity contribution >= 4 is 11.3 Å². The zero-order valence-electron chi connectivity index (χ0n) is 14.5. The standard InChI is InChI=1S/C17H15FN8OS/c18-5-11(6-19)8-26-17(27)25(10-23-26)16-20-7-14(28-16)12-2-1-3-13(4-12)15-21-9-22-24-15/h1-5,7,9-10H,6,8,19H2,(H,21,22,24)/b11-5+. The van der Waals surface area contributed by atoms with Crippen LogP contribution in [0.2, 0.25) is 0 Å². The lowest BCUT2D eigenvalue weighted by atomic mass is 10.1. The summed E-state index contributed by atoms with van der Waals surface area (Å²) in [7, 11) is 0. The second kappa shape index (κ2) is 7.66. The van der Waals surface area contributed by atoms with E-state index in [2.05, 4.69) is 25.3 Å². The fraction of sp³-hybridized carbons (Fsp3) is 0.118. The summed E-state index contributed by atoms with van der Waals surface area (Å²) < 4.78 is 15.2. The van der Waals surface area contributed by atoms with Gasteiger partial charge in [-0.15, -0.1) is 10.2 Å². The van der Waals surface area contributed by atoms with Gasteiger partial charge in [-0.2, -0.15) is 5.10 Å². The molecule has 4 rings (SSSR count). The number of halogens is 1. The lowest BCUT2D eigenvalue weighted by molar-refractivity contribution is 0.612. The average Bonchev–Trinajstić information content (AvgIpc) is 3.48. The molecule has 0 bridgehead atoms. The molecule has 0 saturated heterocycles. The number of rotatable bonds is 6. The van der Waals surface area contributed by atoms with Crippen molar-refractivity contribution in [3.8, 4) is 27.0 Å². The fourth-order valence-electron chi connectivity index (χ4n) is 2.59. The van der Waals surface area contributed by atoms with Crippen molar-refractivity contribution in [1.29, 1.82) is 0 Å². The summed E-state index contributed by atoms with van der Waals surface area (Å²) in [6, 6.07) is 7.74. The number of nitrogens with one attached hydrogen (secondary N) is 1. The highest BCUT2D eigenvalue weighted by Crippen LogP contribution is 2.29. The highest BCUT2D eigenvalue weighted by Gasteiger charge is 2.13. The van der Waals surface area contributed by atoms with Gasteiger partial charge in [0.15, 0.2) is 11.0 Å². The summed E-state index contributed by atoms with van der Waals surface area (Å²) in [4.78, 5) is 20.7. The minimum atomic E-state index is -0.413. The van der Waals surface area contributed by atoms with Gasteiger partial charge < -0.3 is 10.7 Å². The van der Waals surface area contributed by atoms with E-state index < -0.39 is 5.69 Å².